The molecule has 2 rings (SSSR count). The SMILES string of the molecule is C=CC[C@@H]1OC(C)(C)O[C@@H]1[C@H](OCc1ccc(OC)cc1)/C(F)=C\[C@@H](C)[C@H](C)O. The van der Waals surface area contributed by atoms with Gasteiger partial charge in [0.15, 0.2) is 5.79 Å². The molecular formula is C23H33FO5. The Hall–Kier alpha value is -1.73. The number of hydrogen-bond donors (Lipinski definition) is 1. The normalized spacial score (nSPS) is 24.7. The maximum absolute atomic E-state index is 15.3. The summed E-state index contributed by atoms with van der Waals surface area (Å²) in [5, 5.41) is 9.76. The van der Waals surface area contributed by atoms with E-state index >= 15 is 4.39 Å². The Morgan fingerprint density at radius 3 is 2.48 bits per heavy atom. The van der Waals surface area contributed by atoms with Crippen LogP contribution in [0.2, 0.25) is 0 Å². The average molecular weight is 409 g/mol. The maximum Gasteiger partial charge on any atom is 0.163 e. The van der Waals surface area contributed by atoms with E-state index in [-0.39, 0.29) is 18.6 Å². The van der Waals surface area contributed by atoms with Crippen molar-refractivity contribution in [1.82, 2.24) is 0 Å². The Labute approximate surface area is 173 Å². The van der Waals surface area contributed by atoms with Crippen LogP contribution in [0.15, 0.2) is 48.8 Å². The second-order valence-corrected chi connectivity index (χ2v) is 7.89. The third kappa shape index (κ3) is 6.64. The van der Waals surface area contributed by atoms with E-state index in [9.17, 15) is 5.11 Å². The minimum Gasteiger partial charge on any atom is -0.497 e. The smallest absolute Gasteiger partial charge is 0.163 e. The van der Waals surface area contributed by atoms with E-state index < -0.39 is 29.9 Å². The van der Waals surface area contributed by atoms with Crippen LogP contribution in [0.25, 0.3) is 0 Å². The number of hydrogen-bond acceptors (Lipinski definition) is 5. The Balaban J connectivity index is 2.25. The van der Waals surface area contributed by atoms with Crippen molar-refractivity contribution in [1.29, 1.82) is 0 Å². The lowest BCUT2D eigenvalue weighted by molar-refractivity contribution is -0.158. The molecular weight excluding hydrogens is 375 g/mol. The molecule has 0 saturated carbocycles. The summed E-state index contributed by atoms with van der Waals surface area (Å²) in [7, 11) is 1.60. The molecule has 1 saturated heterocycles. The summed E-state index contributed by atoms with van der Waals surface area (Å²) in [6.07, 6.45) is 0.958. The van der Waals surface area contributed by atoms with Crippen LogP contribution in [0.5, 0.6) is 5.75 Å². The lowest BCUT2D eigenvalue weighted by Crippen LogP contribution is -2.38. The van der Waals surface area contributed by atoms with Gasteiger partial charge in [-0.2, -0.15) is 0 Å². The molecule has 1 aromatic rings. The standard InChI is InChI=1S/C23H33FO5/c1-7-8-20-22(29-23(4,5)28-20)21(19(24)13-15(2)16(3)25)27-14-17-9-11-18(26-6)12-10-17/h7,9-13,15-16,20-22,25H,1,8,14H2,2-6H3/b19-13+/t15-,16+,20+,21-,22+/m1/s1. The Bertz CT molecular complexity index is 683. The van der Waals surface area contributed by atoms with Crippen LogP contribution in [0, 0.1) is 5.92 Å². The van der Waals surface area contributed by atoms with Gasteiger partial charge < -0.3 is 24.1 Å². The molecule has 0 aromatic heterocycles. The summed E-state index contributed by atoms with van der Waals surface area (Å²) in [5.41, 5.74) is 0.880. The summed E-state index contributed by atoms with van der Waals surface area (Å²) in [6.45, 7) is 10.9. The first-order valence-electron chi connectivity index (χ1n) is 9.93. The Kier molecular flexibility index (Phi) is 8.40. The third-order valence-electron chi connectivity index (χ3n) is 4.96. The monoisotopic (exact) mass is 408 g/mol. The second-order valence-electron chi connectivity index (χ2n) is 7.89. The molecule has 0 radical (unpaired) electrons. The van der Waals surface area contributed by atoms with Crippen LogP contribution in [0.4, 0.5) is 4.39 Å². The van der Waals surface area contributed by atoms with Crippen LogP contribution >= 0.6 is 0 Å². The van der Waals surface area contributed by atoms with Crippen molar-refractivity contribution in [3.63, 3.8) is 0 Å². The molecule has 5 atom stereocenters. The largest absolute Gasteiger partial charge is 0.497 e. The van der Waals surface area contributed by atoms with E-state index in [2.05, 4.69) is 6.58 Å². The molecule has 1 N–H and O–H groups in total. The van der Waals surface area contributed by atoms with Gasteiger partial charge in [0.05, 0.1) is 25.9 Å². The van der Waals surface area contributed by atoms with Crippen molar-refractivity contribution in [2.45, 2.75) is 70.9 Å². The van der Waals surface area contributed by atoms with Gasteiger partial charge in [-0.25, -0.2) is 4.39 Å². The summed E-state index contributed by atoms with van der Waals surface area (Å²) in [5.74, 6) is -0.957. The van der Waals surface area contributed by atoms with Crippen LogP contribution in [-0.4, -0.2) is 42.4 Å². The first-order chi connectivity index (χ1) is 13.7. The molecule has 1 fully saturated rings. The molecule has 1 aliphatic rings. The highest BCUT2D eigenvalue weighted by Crippen LogP contribution is 2.36. The maximum atomic E-state index is 15.3. The third-order valence-corrected chi connectivity index (χ3v) is 4.96. The van der Waals surface area contributed by atoms with E-state index in [0.717, 1.165) is 11.3 Å². The van der Waals surface area contributed by atoms with E-state index in [1.54, 1.807) is 40.9 Å². The molecule has 0 bridgehead atoms. The van der Waals surface area contributed by atoms with Gasteiger partial charge in [0.2, 0.25) is 0 Å². The predicted molar refractivity (Wildman–Crippen MR) is 110 cm³/mol. The highest BCUT2D eigenvalue weighted by Gasteiger charge is 2.46. The first kappa shape index (κ1) is 23.5. The zero-order valence-electron chi connectivity index (χ0n) is 17.9. The Morgan fingerprint density at radius 2 is 1.93 bits per heavy atom. The number of ether oxygens (including phenoxy) is 4. The molecule has 1 aliphatic heterocycles. The van der Waals surface area contributed by atoms with Gasteiger partial charge in [0.25, 0.3) is 0 Å². The van der Waals surface area contributed by atoms with Gasteiger partial charge >= 0.3 is 0 Å². The van der Waals surface area contributed by atoms with Crippen molar-refractivity contribution in [3.8, 4) is 5.75 Å². The highest BCUT2D eigenvalue weighted by molar-refractivity contribution is 5.26. The predicted octanol–water partition coefficient (Wildman–Crippen LogP) is 4.55. The van der Waals surface area contributed by atoms with Crippen molar-refractivity contribution in [2.24, 2.45) is 5.92 Å². The van der Waals surface area contributed by atoms with Crippen LogP contribution < -0.4 is 4.74 Å². The number of aliphatic hydroxyl groups excluding tert-OH is 1. The molecule has 6 heteroatoms. The zero-order chi connectivity index (χ0) is 21.6. The molecule has 29 heavy (non-hydrogen) atoms. The van der Waals surface area contributed by atoms with Gasteiger partial charge in [-0.1, -0.05) is 25.1 Å². The summed E-state index contributed by atoms with van der Waals surface area (Å²) in [4.78, 5) is 0. The molecule has 0 spiro atoms. The summed E-state index contributed by atoms with van der Waals surface area (Å²) >= 11 is 0. The van der Waals surface area contributed by atoms with Crippen molar-refractivity contribution in [3.05, 3.63) is 54.4 Å². The molecule has 162 valence electrons. The first-order valence-corrected chi connectivity index (χ1v) is 9.93. The molecule has 0 amide bonds. The second kappa shape index (κ2) is 10.3. The minimum absolute atomic E-state index is 0.195. The number of halogens is 1. The van der Waals surface area contributed by atoms with Crippen LogP contribution in [0.3, 0.4) is 0 Å². The highest BCUT2D eigenvalue weighted by atomic mass is 19.1. The molecule has 5 nitrogen and oxygen atoms in total. The van der Waals surface area contributed by atoms with Gasteiger partial charge in [-0.3, -0.25) is 0 Å². The fraction of sp³-hybridized carbons (Fsp3) is 0.565. The fourth-order valence-corrected chi connectivity index (χ4v) is 3.19. The molecule has 0 aliphatic carbocycles. The van der Waals surface area contributed by atoms with Crippen molar-refractivity contribution < 1.29 is 28.4 Å². The quantitative estimate of drug-likeness (QED) is 0.576. The van der Waals surface area contributed by atoms with Gasteiger partial charge in [-0.15, -0.1) is 6.58 Å². The van der Waals surface area contributed by atoms with Crippen molar-refractivity contribution >= 4 is 0 Å². The minimum atomic E-state index is -0.968. The number of benzene rings is 1. The lowest BCUT2D eigenvalue weighted by Gasteiger charge is -2.26. The lowest BCUT2D eigenvalue weighted by atomic mass is 9.99. The van der Waals surface area contributed by atoms with E-state index in [1.807, 2.05) is 24.3 Å². The Morgan fingerprint density at radius 1 is 1.28 bits per heavy atom. The van der Waals surface area contributed by atoms with Crippen LogP contribution in [0.1, 0.15) is 39.7 Å². The topological polar surface area (TPSA) is 57.2 Å². The number of methoxy groups -OCH3 is 1. The molecule has 1 aromatic carbocycles. The molecule has 0 unspecified atom stereocenters. The summed E-state index contributed by atoms with van der Waals surface area (Å²) < 4.78 is 38.4. The van der Waals surface area contributed by atoms with E-state index in [0.29, 0.717) is 6.42 Å². The van der Waals surface area contributed by atoms with Crippen molar-refractivity contribution in [2.75, 3.05) is 7.11 Å². The fourth-order valence-electron chi connectivity index (χ4n) is 3.19. The van der Waals surface area contributed by atoms with Crippen LogP contribution in [-0.2, 0) is 20.8 Å². The summed E-state index contributed by atoms with van der Waals surface area (Å²) in [6, 6.07) is 7.39. The van der Waals surface area contributed by atoms with E-state index in [1.165, 1.54) is 6.08 Å². The molecule has 1 heterocycles. The van der Waals surface area contributed by atoms with Gasteiger partial charge in [0.1, 0.15) is 23.8 Å². The van der Waals surface area contributed by atoms with Gasteiger partial charge in [0, 0.05) is 5.92 Å². The number of aliphatic hydroxyl groups is 1. The van der Waals surface area contributed by atoms with Gasteiger partial charge in [-0.05, 0) is 51.0 Å². The van der Waals surface area contributed by atoms with E-state index in [4.69, 9.17) is 18.9 Å². The zero-order valence-corrected chi connectivity index (χ0v) is 17.9. The average Bonchev–Trinajstić information content (AvgIpc) is 2.96. The number of rotatable bonds is 10.